The predicted molar refractivity (Wildman–Crippen MR) is 34.7 cm³/mol. The van der Waals surface area contributed by atoms with Crippen molar-refractivity contribution < 1.29 is 0 Å². The SMILES string of the molecule is CC1(C)NCCCN1. The van der Waals surface area contributed by atoms with Crippen molar-refractivity contribution in [2.24, 2.45) is 0 Å². The molecule has 2 nitrogen and oxygen atoms in total. The first kappa shape index (κ1) is 6.05. The average Bonchev–Trinajstić information content (AvgIpc) is 1.65. The van der Waals surface area contributed by atoms with Gasteiger partial charge >= 0.3 is 0 Å². The van der Waals surface area contributed by atoms with Crippen LogP contribution in [0, 0.1) is 0 Å². The third-order valence-corrected chi connectivity index (χ3v) is 1.49. The Labute approximate surface area is 50.7 Å². The molecule has 48 valence electrons. The van der Waals surface area contributed by atoms with E-state index >= 15 is 0 Å². The highest BCUT2D eigenvalue weighted by atomic mass is 15.2. The van der Waals surface area contributed by atoms with Gasteiger partial charge in [-0.1, -0.05) is 0 Å². The lowest BCUT2D eigenvalue weighted by Gasteiger charge is -2.32. The van der Waals surface area contributed by atoms with Crippen molar-refractivity contribution in [3.05, 3.63) is 0 Å². The second kappa shape index (κ2) is 2.03. The molecule has 2 heteroatoms. The van der Waals surface area contributed by atoms with Gasteiger partial charge in [-0.15, -0.1) is 0 Å². The highest BCUT2D eigenvalue weighted by Gasteiger charge is 2.17. The fraction of sp³-hybridized carbons (Fsp3) is 1.00. The molecule has 1 heterocycles. The van der Waals surface area contributed by atoms with E-state index in [1.165, 1.54) is 6.42 Å². The van der Waals surface area contributed by atoms with Crippen LogP contribution in [0.15, 0.2) is 0 Å². The summed E-state index contributed by atoms with van der Waals surface area (Å²) in [5.41, 5.74) is 0.179. The van der Waals surface area contributed by atoms with E-state index in [0.29, 0.717) is 0 Å². The standard InChI is InChI=1S/C6H14N2/c1-6(2)7-4-3-5-8-6/h7-8H,3-5H2,1-2H3. The molecular weight excluding hydrogens is 100 g/mol. The molecule has 0 unspecified atom stereocenters. The van der Waals surface area contributed by atoms with Gasteiger partial charge in [-0.25, -0.2) is 0 Å². The van der Waals surface area contributed by atoms with Crippen LogP contribution in [0.2, 0.25) is 0 Å². The molecule has 0 bridgehead atoms. The van der Waals surface area contributed by atoms with Crippen molar-refractivity contribution in [2.45, 2.75) is 25.9 Å². The van der Waals surface area contributed by atoms with E-state index in [2.05, 4.69) is 24.5 Å². The van der Waals surface area contributed by atoms with Gasteiger partial charge in [0.25, 0.3) is 0 Å². The van der Waals surface area contributed by atoms with E-state index in [4.69, 9.17) is 0 Å². The highest BCUT2D eigenvalue weighted by Crippen LogP contribution is 1.99. The van der Waals surface area contributed by atoms with Crippen LogP contribution in [0.3, 0.4) is 0 Å². The van der Waals surface area contributed by atoms with Crippen molar-refractivity contribution in [3.8, 4) is 0 Å². The minimum Gasteiger partial charge on any atom is -0.300 e. The molecule has 1 aliphatic heterocycles. The first-order chi connectivity index (χ1) is 3.71. The molecule has 1 rings (SSSR count). The van der Waals surface area contributed by atoms with Gasteiger partial charge in [0.15, 0.2) is 0 Å². The molecule has 8 heavy (non-hydrogen) atoms. The van der Waals surface area contributed by atoms with E-state index in [0.717, 1.165) is 13.1 Å². The molecule has 0 aliphatic carbocycles. The molecule has 1 aliphatic rings. The maximum absolute atomic E-state index is 3.35. The van der Waals surface area contributed by atoms with Crippen LogP contribution in [0.5, 0.6) is 0 Å². The molecule has 0 spiro atoms. The number of rotatable bonds is 0. The molecule has 1 fully saturated rings. The summed E-state index contributed by atoms with van der Waals surface area (Å²) in [6.45, 7) is 6.62. The van der Waals surface area contributed by atoms with E-state index in [9.17, 15) is 0 Å². The lowest BCUT2D eigenvalue weighted by atomic mass is 10.2. The molecule has 0 atom stereocenters. The summed E-state index contributed by atoms with van der Waals surface area (Å²) in [7, 11) is 0. The molecule has 0 aromatic carbocycles. The molecule has 0 aromatic rings. The van der Waals surface area contributed by atoms with Gasteiger partial charge in [0.2, 0.25) is 0 Å². The molecule has 0 saturated carbocycles. The molecule has 0 radical (unpaired) electrons. The van der Waals surface area contributed by atoms with Crippen LogP contribution in [0.4, 0.5) is 0 Å². The van der Waals surface area contributed by atoms with Crippen LogP contribution in [0.25, 0.3) is 0 Å². The van der Waals surface area contributed by atoms with Crippen molar-refractivity contribution >= 4 is 0 Å². The average molecular weight is 114 g/mol. The fourth-order valence-corrected chi connectivity index (χ4v) is 0.953. The molecule has 2 N–H and O–H groups in total. The van der Waals surface area contributed by atoms with Crippen LogP contribution < -0.4 is 10.6 Å². The third-order valence-electron chi connectivity index (χ3n) is 1.49. The summed E-state index contributed by atoms with van der Waals surface area (Å²) >= 11 is 0. The largest absolute Gasteiger partial charge is 0.300 e. The monoisotopic (exact) mass is 114 g/mol. The summed E-state index contributed by atoms with van der Waals surface area (Å²) in [5.74, 6) is 0. The Hall–Kier alpha value is -0.0800. The van der Waals surface area contributed by atoms with Crippen molar-refractivity contribution in [2.75, 3.05) is 13.1 Å². The van der Waals surface area contributed by atoms with E-state index in [-0.39, 0.29) is 5.66 Å². The Kier molecular flexibility index (Phi) is 1.54. The summed E-state index contributed by atoms with van der Waals surface area (Å²) in [4.78, 5) is 0. The van der Waals surface area contributed by atoms with Gasteiger partial charge in [0, 0.05) is 0 Å². The van der Waals surface area contributed by atoms with Crippen LogP contribution in [0.1, 0.15) is 20.3 Å². The van der Waals surface area contributed by atoms with E-state index in [1.807, 2.05) is 0 Å². The number of nitrogens with one attached hydrogen (secondary N) is 2. The first-order valence-electron chi connectivity index (χ1n) is 3.21. The molecule has 0 amide bonds. The van der Waals surface area contributed by atoms with Gasteiger partial charge in [-0.2, -0.15) is 0 Å². The van der Waals surface area contributed by atoms with Gasteiger partial charge < -0.3 is 0 Å². The summed E-state index contributed by atoms with van der Waals surface area (Å²) in [6, 6.07) is 0. The topological polar surface area (TPSA) is 24.1 Å². The second-order valence-electron chi connectivity index (χ2n) is 2.83. The maximum Gasteiger partial charge on any atom is 0.0629 e. The Balaban J connectivity index is 2.33. The Bertz CT molecular complexity index is 70.6. The molecular formula is C6H14N2. The van der Waals surface area contributed by atoms with Crippen molar-refractivity contribution in [3.63, 3.8) is 0 Å². The van der Waals surface area contributed by atoms with Gasteiger partial charge in [-0.05, 0) is 33.4 Å². The second-order valence-corrected chi connectivity index (χ2v) is 2.83. The maximum atomic E-state index is 3.35. The first-order valence-corrected chi connectivity index (χ1v) is 3.21. The minimum atomic E-state index is 0.179. The van der Waals surface area contributed by atoms with Gasteiger partial charge in [0.1, 0.15) is 0 Å². The molecule has 1 saturated heterocycles. The number of hydrogen-bond donors (Lipinski definition) is 2. The van der Waals surface area contributed by atoms with Crippen LogP contribution in [-0.2, 0) is 0 Å². The zero-order valence-corrected chi connectivity index (χ0v) is 5.62. The quantitative estimate of drug-likeness (QED) is 0.473. The van der Waals surface area contributed by atoms with Crippen molar-refractivity contribution in [1.82, 2.24) is 10.6 Å². The lowest BCUT2D eigenvalue weighted by Crippen LogP contribution is -2.56. The number of hydrogen-bond acceptors (Lipinski definition) is 2. The predicted octanol–water partition coefficient (Wildman–Crippen LogP) is 0.305. The smallest absolute Gasteiger partial charge is 0.0629 e. The van der Waals surface area contributed by atoms with E-state index in [1.54, 1.807) is 0 Å². The zero-order chi connectivity index (χ0) is 6.04. The summed E-state index contributed by atoms with van der Waals surface area (Å²) in [5, 5.41) is 6.69. The van der Waals surface area contributed by atoms with Crippen LogP contribution in [-0.4, -0.2) is 18.8 Å². The van der Waals surface area contributed by atoms with Gasteiger partial charge in [0.05, 0.1) is 5.66 Å². The Morgan fingerprint density at radius 2 is 1.62 bits per heavy atom. The zero-order valence-electron chi connectivity index (χ0n) is 5.62. The molecule has 0 aromatic heterocycles. The summed E-state index contributed by atoms with van der Waals surface area (Å²) < 4.78 is 0. The van der Waals surface area contributed by atoms with Crippen LogP contribution >= 0.6 is 0 Å². The lowest BCUT2D eigenvalue weighted by molar-refractivity contribution is 0.270. The Morgan fingerprint density at radius 1 is 1.12 bits per heavy atom. The highest BCUT2D eigenvalue weighted by molar-refractivity contribution is 4.78. The summed E-state index contributed by atoms with van der Waals surface area (Å²) in [6.07, 6.45) is 1.25. The third kappa shape index (κ3) is 1.46. The van der Waals surface area contributed by atoms with E-state index < -0.39 is 0 Å². The Morgan fingerprint density at radius 3 is 1.88 bits per heavy atom. The van der Waals surface area contributed by atoms with Crippen molar-refractivity contribution in [1.29, 1.82) is 0 Å². The van der Waals surface area contributed by atoms with Gasteiger partial charge in [-0.3, -0.25) is 10.6 Å². The normalized spacial score (nSPS) is 27.8. The fourth-order valence-electron chi connectivity index (χ4n) is 0.953. The minimum absolute atomic E-state index is 0.179.